The van der Waals surface area contributed by atoms with Crippen molar-refractivity contribution in [2.45, 2.75) is 45.6 Å². The van der Waals surface area contributed by atoms with Crippen molar-refractivity contribution in [3.05, 3.63) is 17.5 Å². The molecule has 2 bridgehead atoms. The standard InChI is InChI=1S/C15H22N4S/c1-8-5-13(14(16)20)19-15(17-8)18-9(2)12-7-10-3-4-11(12)6-10/h5,9-12H,3-4,6-7H2,1-2H3,(H2,16,20)(H,17,18,19). The average molecular weight is 290 g/mol. The summed E-state index contributed by atoms with van der Waals surface area (Å²) in [5.74, 6) is 3.26. The lowest BCUT2D eigenvalue weighted by atomic mass is 9.84. The maximum atomic E-state index is 5.67. The van der Waals surface area contributed by atoms with Crippen LogP contribution >= 0.6 is 12.2 Å². The van der Waals surface area contributed by atoms with E-state index in [1.165, 1.54) is 25.7 Å². The van der Waals surface area contributed by atoms with E-state index in [0.717, 1.165) is 23.4 Å². The van der Waals surface area contributed by atoms with Gasteiger partial charge in [-0.15, -0.1) is 0 Å². The molecule has 3 N–H and O–H groups in total. The molecule has 1 aromatic rings. The predicted molar refractivity (Wildman–Crippen MR) is 84.7 cm³/mol. The summed E-state index contributed by atoms with van der Waals surface area (Å²) in [5.41, 5.74) is 7.21. The molecule has 4 unspecified atom stereocenters. The topological polar surface area (TPSA) is 63.8 Å². The van der Waals surface area contributed by atoms with Crippen molar-refractivity contribution in [3.63, 3.8) is 0 Å². The van der Waals surface area contributed by atoms with Gasteiger partial charge in [-0.3, -0.25) is 0 Å². The number of rotatable bonds is 4. The van der Waals surface area contributed by atoms with E-state index in [1.54, 1.807) is 0 Å². The van der Waals surface area contributed by atoms with Gasteiger partial charge in [0, 0.05) is 11.7 Å². The zero-order valence-corrected chi connectivity index (χ0v) is 12.9. The van der Waals surface area contributed by atoms with Gasteiger partial charge in [0.2, 0.25) is 5.95 Å². The van der Waals surface area contributed by atoms with Gasteiger partial charge in [-0.05, 0) is 56.9 Å². The Labute approximate surface area is 125 Å². The molecule has 3 rings (SSSR count). The minimum absolute atomic E-state index is 0.325. The van der Waals surface area contributed by atoms with Gasteiger partial charge < -0.3 is 11.1 Å². The molecule has 5 heteroatoms. The Hall–Kier alpha value is -1.23. The summed E-state index contributed by atoms with van der Waals surface area (Å²) >= 11 is 5.01. The molecule has 0 spiro atoms. The normalized spacial score (nSPS) is 29.4. The fraction of sp³-hybridized carbons (Fsp3) is 0.667. The number of fused-ring (bicyclic) bond motifs is 2. The Balaban J connectivity index is 1.72. The Bertz CT molecular complexity index is 531. The maximum absolute atomic E-state index is 5.67. The minimum Gasteiger partial charge on any atom is -0.388 e. The Kier molecular flexibility index (Phi) is 3.63. The van der Waals surface area contributed by atoms with Gasteiger partial charge in [0.25, 0.3) is 0 Å². The zero-order chi connectivity index (χ0) is 14.3. The van der Waals surface area contributed by atoms with Crippen LogP contribution in [0.2, 0.25) is 0 Å². The molecule has 4 atom stereocenters. The van der Waals surface area contributed by atoms with Crippen LogP contribution in [0.25, 0.3) is 0 Å². The van der Waals surface area contributed by atoms with Gasteiger partial charge >= 0.3 is 0 Å². The summed E-state index contributed by atoms with van der Waals surface area (Å²) in [6, 6.07) is 2.24. The fourth-order valence-corrected chi connectivity index (χ4v) is 4.08. The van der Waals surface area contributed by atoms with Gasteiger partial charge in [0.15, 0.2) is 0 Å². The third kappa shape index (κ3) is 2.64. The molecule has 1 aromatic heterocycles. The highest BCUT2D eigenvalue weighted by Crippen LogP contribution is 2.49. The monoisotopic (exact) mass is 290 g/mol. The first-order valence-electron chi connectivity index (χ1n) is 7.45. The molecule has 2 aliphatic rings. The SMILES string of the molecule is Cc1cc(C(N)=S)nc(NC(C)C2CC3CCC2C3)n1. The highest BCUT2D eigenvalue weighted by Gasteiger charge is 2.41. The van der Waals surface area contributed by atoms with E-state index in [2.05, 4.69) is 22.2 Å². The summed E-state index contributed by atoms with van der Waals surface area (Å²) in [6.07, 6.45) is 5.60. The summed E-state index contributed by atoms with van der Waals surface area (Å²) in [4.78, 5) is 9.20. The van der Waals surface area contributed by atoms with Crippen LogP contribution in [0.3, 0.4) is 0 Å². The van der Waals surface area contributed by atoms with Crippen molar-refractivity contribution >= 4 is 23.2 Å². The largest absolute Gasteiger partial charge is 0.388 e. The molecule has 108 valence electrons. The smallest absolute Gasteiger partial charge is 0.223 e. The van der Waals surface area contributed by atoms with Crippen LogP contribution in [0.4, 0.5) is 5.95 Å². The number of anilines is 1. The molecular formula is C15H22N4S. The van der Waals surface area contributed by atoms with Crippen LogP contribution in [0.15, 0.2) is 6.07 Å². The molecule has 0 aliphatic heterocycles. The second-order valence-electron chi connectivity index (χ2n) is 6.35. The number of nitrogens with zero attached hydrogens (tertiary/aromatic N) is 2. The van der Waals surface area contributed by atoms with Gasteiger partial charge in [0.05, 0.1) is 0 Å². The van der Waals surface area contributed by atoms with Crippen molar-refractivity contribution in [1.29, 1.82) is 0 Å². The molecule has 0 amide bonds. The second-order valence-corrected chi connectivity index (χ2v) is 6.79. The van der Waals surface area contributed by atoms with Crippen molar-refractivity contribution in [1.82, 2.24) is 9.97 Å². The summed E-state index contributed by atoms with van der Waals surface area (Å²) in [5, 5.41) is 3.47. The first-order chi connectivity index (χ1) is 9.52. The van der Waals surface area contributed by atoms with E-state index in [9.17, 15) is 0 Å². The first kappa shape index (κ1) is 13.7. The number of nitrogens with two attached hydrogens (primary N) is 1. The molecule has 2 fully saturated rings. The summed E-state index contributed by atoms with van der Waals surface area (Å²) < 4.78 is 0. The Morgan fingerprint density at radius 1 is 1.40 bits per heavy atom. The third-order valence-electron chi connectivity index (χ3n) is 4.90. The molecule has 1 heterocycles. The highest BCUT2D eigenvalue weighted by atomic mass is 32.1. The zero-order valence-electron chi connectivity index (χ0n) is 12.1. The minimum atomic E-state index is 0.325. The lowest BCUT2D eigenvalue weighted by molar-refractivity contribution is 0.303. The van der Waals surface area contributed by atoms with E-state index >= 15 is 0 Å². The molecule has 0 radical (unpaired) electrons. The van der Waals surface area contributed by atoms with Gasteiger partial charge in [-0.25, -0.2) is 9.97 Å². The lowest BCUT2D eigenvalue weighted by Gasteiger charge is -2.28. The molecular weight excluding hydrogens is 268 g/mol. The van der Waals surface area contributed by atoms with Gasteiger partial charge in [0.1, 0.15) is 10.7 Å². The van der Waals surface area contributed by atoms with E-state index in [1.807, 2.05) is 13.0 Å². The second kappa shape index (κ2) is 5.28. The van der Waals surface area contributed by atoms with Crippen LogP contribution in [0, 0.1) is 24.7 Å². The Morgan fingerprint density at radius 2 is 2.20 bits per heavy atom. The number of nitrogens with one attached hydrogen (secondary N) is 1. The first-order valence-corrected chi connectivity index (χ1v) is 7.86. The molecule has 0 aromatic carbocycles. The number of aryl methyl sites for hydroxylation is 1. The Morgan fingerprint density at radius 3 is 2.80 bits per heavy atom. The maximum Gasteiger partial charge on any atom is 0.223 e. The quantitative estimate of drug-likeness (QED) is 0.835. The van der Waals surface area contributed by atoms with E-state index in [4.69, 9.17) is 18.0 Å². The molecule has 20 heavy (non-hydrogen) atoms. The van der Waals surface area contributed by atoms with Gasteiger partial charge in [-0.1, -0.05) is 18.6 Å². The van der Waals surface area contributed by atoms with Gasteiger partial charge in [-0.2, -0.15) is 0 Å². The average Bonchev–Trinajstić information content (AvgIpc) is 3.00. The molecule has 0 saturated heterocycles. The van der Waals surface area contributed by atoms with E-state index < -0.39 is 0 Å². The number of thiocarbonyl (C=S) groups is 1. The number of hydrogen-bond donors (Lipinski definition) is 2. The predicted octanol–water partition coefficient (Wildman–Crippen LogP) is 2.66. The summed E-state index contributed by atoms with van der Waals surface area (Å²) in [6.45, 7) is 4.19. The number of aromatic nitrogens is 2. The molecule has 2 saturated carbocycles. The van der Waals surface area contributed by atoms with Crippen LogP contribution in [0.1, 0.15) is 44.0 Å². The molecule has 2 aliphatic carbocycles. The van der Waals surface area contributed by atoms with Crippen LogP contribution in [-0.4, -0.2) is 21.0 Å². The van der Waals surface area contributed by atoms with E-state index in [-0.39, 0.29) is 0 Å². The van der Waals surface area contributed by atoms with Crippen molar-refractivity contribution in [3.8, 4) is 0 Å². The van der Waals surface area contributed by atoms with Crippen molar-refractivity contribution < 1.29 is 0 Å². The van der Waals surface area contributed by atoms with Crippen LogP contribution in [-0.2, 0) is 0 Å². The van der Waals surface area contributed by atoms with Crippen LogP contribution < -0.4 is 11.1 Å². The van der Waals surface area contributed by atoms with Crippen LogP contribution in [0.5, 0.6) is 0 Å². The third-order valence-corrected chi connectivity index (χ3v) is 5.11. The van der Waals surface area contributed by atoms with Crippen molar-refractivity contribution in [2.24, 2.45) is 23.5 Å². The lowest BCUT2D eigenvalue weighted by Crippen LogP contribution is -2.31. The van der Waals surface area contributed by atoms with Crippen molar-refractivity contribution in [2.75, 3.05) is 5.32 Å². The fourth-order valence-electron chi connectivity index (χ4n) is 3.98. The molecule has 4 nitrogen and oxygen atoms in total. The summed E-state index contributed by atoms with van der Waals surface area (Å²) in [7, 11) is 0. The number of hydrogen-bond acceptors (Lipinski definition) is 4. The highest BCUT2D eigenvalue weighted by molar-refractivity contribution is 7.80. The van der Waals surface area contributed by atoms with E-state index in [0.29, 0.717) is 22.7 Å².